The van der Waals surface area contributed by atoms with Gasteiger partial charge < -0.3 is 14.8 Å². The third-order valence-electron chi connectivity index (χ3n) is 4.48. The molecule has 2 heterocycles. The smallest absolute Gasteiger partial charge is 0.130 e. The average molecular weight is 294 g/mol. The molecule has 2 aromatic carbocycles. The lowest BCUT2D eigenvalue weighted by atomic mass is 9.89. The molecular formula is C18H18N2O2. The van der Waals surface area contributed by atoms with Crippen molar-refractivity contribution in [2.75, 3.05) is 6.61 Å². The SMILES string of the molecule is CC(O)(c1ccc2c3c(ccc2c1)OCCC3)c1c[nH]cn1. The molecule has 0 amide bonds. The first-order valence-corrected chi connectivity index (χ1v) is 7.57. The molecule has 4 nitrogen and oxygen atoms in total. The molecule has 1 unspecified atom stereocenters. The number of ether oxygens (including phenoxy) is 1. The Kier molecular flexibility index (Phi) is 2.94. The molecule has 0 bridgehead atoms. The molecule has 0 saturated carbocycles. The molecule has 0 radical (unpaired) electrons. The van der Waals surface area contributed by atoms with Gasteiger partial charge in [-0.3, -0.25) is 0 Å². The lowest BCUT2D eigenvalue weighted by Gasteiger charge is -2.23. The summed E-state index contributed by atoms with van der Waals surface area (Å²) in [6.45, 7) is 2.57. The van der Waals surface area contributed by atoms with Gasteiger partial charge in [-0.25, -0.2) is 4.98 Å². The summed E-state index contributed by atoms with van der Waals surface area (Å²) in [5, 5.41) is 13.2. The van der Waals surface area contributed by atoms with E-state index >= 15 is 0 Å². The van der Waals surface area contributed by atoms with E-state index in [0.29, 0.717) is 5.69 Å². The minimum Gasteiger partial charge on any atom is -0.493 e. The van der Waals surface area contributed by atoms with Gasteiger partial charge in [-0.05, 0) is 48.2 Å². The molecule has 0 saturated heterocycles. The zero-order chi connectivity index (χ0) is 15.2. The molecule has 2 N–H and O–H groups in total. The van der Waals surface area contributed by atoms with Crippen LogP contribution in [0.25, 0.3) is 10.8 Å². The number of hydrogen-bond donors (Lipinski definition) is 2. The molecule has 3 aromatic rings. The number of imidazole rings is 1. The van der Waals surface area contributed by atoms with E-state index in [-0.39, 0.29) is 0 Å². The van der Waals surface area contributed by atoms with Gasteiger partial charge >= 0.3 is 0 Å². The van der Waals surface area contributed by atoms with Crippen LogP contribution in [-0.2, 0) is 12.0 Å². The fourth-order valence-corrected chi connectivity index (χ4v) is 3.18. The minimum atomic E-state index is -1.11. The number of benzene rings is 2. The number of aromatic amines is 1. The minimum absolute atomic E-state index is 0.619. The number of fused-ring (bicyclic) bond motifs is 3. The summed E-state index contributed by atoms with van der Waals surface area (Å²) < 4.78 is 5.72. The van der Waals surface area contributed by atoms with E-state index in [1.807, 2.05) is 18.2 Å². The highest BCUT2D eigenvalue weighted by atomic mass is 16.5. The van der Waals surface area contributed by atoms with Crippen LogP contribution < -0.4 is 4.74 Å². The molecule has 1 aliphatic heterocycles. The van der Waals surface area contributed by atoms with Gasteiger partial charge in [0.1, 0.15) is 11.4 Å². The van der Waals surface area contributed by atoms with Gasteiger partial charge in [0.05, 0.1) is 18.6 Å². The first-order chi connectivity index (χ1) is 10.7. The van der Waals surface area contributed by atoms with Crippen LogP contribution in [0.3, 0.4) is 0 Å². The van der Waals surface area contributed by atoms with Gasteiger partial charge in [0.15, 0.2) is 0 Å². The average Bonchev–Trinajstić information content (AvgIpc) is 3.09. The number of aryl methyl sites for hydroxylation is 1. The summed E-state index contributed by atoms with van der Waals surface area (Å²) in [7, 11) is 0. The van der Waals surface area contributed by atoms with Crippen LogP contribution in [0.15, 0.2) is 42.9 Å². The number of H-pyrrole nitrogens is 1. The standard InChI is InChI=1S/C18H18N2O2/c1-18(21,17-10-19-11-20-17)13-5-6-14-12(9-13)4-7-16-15(14)3-2-8-22-16/h4-7,9-11,21H,2-3,8H2,1H3,(H,19,20). The van der Waals surface area contributed by atoms with Crippen molar-refractivity contribution < 1.29 is 9.84 Å². The van der Waals surface area contributed by atoms with Gasteiger partial charge in [0.2, 0.25) is 0 Å². The zero-order valence-corrected chi connectivity index (χ0v) is 12.5. The van der Waals surface area contributed by atoms with Crippen LogP contribution in [-0.4, -0.2) is 21.7 Å². The van der Waals surface area contributed by atoms with Gasteiger partial charge in [0, 0.05) is 11.8 Å². The van der Waals surface area contributed by atoms with Crippen LogP contribution in [0, 0.1) is 0 Å². The maximum atomic E-state index is 10.8. The molecule has 0 fully saturated rings. The van der Waals surface area contributed by atoms with E-state index in [1.165, 1.54) is 10.9 Å². The van der Waals surface area contributed by atoms with Crippen LogP contribution >= 0.6 is 0 Å². The Labute approximate surface area is 128 Å². The van der Waals surface area contributed by atoms with E-state index in [1.54, 1.807) is 19.4 Å². The summed E-state index contributed by atoms with van der Waals surface area (Å²) in [4.78, 5) is 7.09. The van der Waals surface area contributed by atoms with Crippen molar-refractivity contribution in [2.24, 2.45) is 0 Å². The zero-order valence-electron chi connectivity index (χ0n) is 12.5. The quantitative estimate of drug-likeness (QED) is 0.763. The Morgan fingerprint density at radius 2 is 2.18 bits per heavy atom. The number of nitrogens with zero attached hydrogens (tertiary/aromatic N) is 1. The third-order valence-corrected chi connectivity index (χ3v) is 4.48. The maximum absolute atomic E-state index is 10.8. The highest BCUT2D eigenvalue weighted by Crippen LogP contribution is 2.35. The fraction of sp³-hybridized carbons (Fsp3) is 0.278. The fourth-order valence-electron chi connectivity index (χ4n) is 3.18. The summed E-state index contributed by atoms with van der Waals surface area (Å²) in [5.74, 6) is 0.991. The van der Waals surface area contributed by atoms with E-state index in [0.717, 1.165) is 36.1 Å². The highest BCUT2D eigenvalue weighted by Gasteiger charge is 2.28. The summed E-state index contributed by atoms with van der Waals surface area (Å²) in [6.07, 6.45) is 5.41. The second-order valence-electron chi connectivity index (χ2n) is 5.96. The van der Waals surface area contributed by atoms with Crippen molar-refractivity contribution in [2.45, 2.75) is 25.4 Å². The van der Waals surface area contributed by atoms with Crippen LogP contribution in [0.5, 0.6) is 5.75 Å². The van der Waals surface area contributed by atoms with Crippen molar-refractivity contribution in [3.8, 4) is 5.75 Å². The molecule has 1 atom stereocenters. The third kappa shape index (κ3) is 1.99. The van der Waals surface area contributed by atoms with Gasteiger partial charge in [-0.15, -0.1) is 0 Å². The lowest BCUT2D eigenvalue weighted by molar-refractivity contribution is 0.0980. The predicted molar refractivity (Wildman–Crippen MR) is 85.0 cm³/mol. The van der Waals surface area contributed by atoms with E-state index in [4.69, 9.17) is 4.74 Å². The van der Waals surface area contributed by atoms with Crippen LogP contribution in [0.2, 0.25) is 0 Å². The number of nitrogens with one attached hydrogen (secondary N) is 1. The van der Waals surface area contributed by atoms with Crippen molar-refractivity contribution >= 4 is 10.8 Å². The molecule has 1 aliphatic rings. The number of aromatic nitrogens is 2. The van der Waals surface area contributed by atoms with Gasteiger partial charge in [0.25, 0.3) is 0 Å². The van der Waals surface area contributed by atoms with E-state index in [2.05, 4.69) is 22.1 Å². The summed E-state index contributed by atoms with van der Waals surface area (Å²) in [5.41, 5.74) is 1.62. The second-order valence-corrected chi connectivity index (χ2v) is 5.96. The van der Waals surface area contributed by atoms with Crippen molar-refractivity contribution in [3.05, 3.63) is 59.7 Å². The van der Waals surface area contributed by atoms with E-state index < -0.39 is 5.60 Å². The predicted octanol–water partition coefficient (Wildman–Crippen LogP) is 3.14. The first-order valence-electron chi connectivity index (χ1n) is 7.57. The van der Waals surface area contributed by atoms with Crippen molar-refractivity contribution in [1.29, 1.82) is 0 Å². The molecule has 112 valence electrons. The van der Waals surface area contributed by atoms with Crippen molar-refractivity contribution in [1.82, 2.24) is 9.97 Å². The largest absolute Gasteiger partial charge is 0.493 e. The Balaban J connectivity index is 1.85. The maximum Gasteiger partial charge on any atom is 0.130 e. The molecule has 1 aromatic heterocycles. The second kappa shape index (κ2) is 4.85. The monoisotopic (exact) mass is 294 g/mol. The van der Waals surface area contributed by atoms with Crippen LogP contribution in [0.4, 0.5) is 0 Å². The highest BCUT2D eigenvalue weighted by molar-refractivity contribution is 5.88. The van der Waals surface area contributed by atoms with E-state index in [9.17, 15) is 5.11 Å². The van der Waals surface area contributed by atoms with Crippen LogP contribution in [0.1, 0.15) is 30.2 Å². The van der Waals surface area contributed by atoms with Gasteiger partial charge in [-0.2, -0.15) is 0 Å². The number of aliphatic hydroxyl groups is 1. The Hall–Kier alpha value is -2.33. The number of hydrogen-bond acceptors (Lipinski definition) is 3. The first kappa shape index (κ1) is 13.3. The lowest BCUT2D eigenvalue weighted by Crippen LogP contribution is -2.23. The molecular weight excluding hydrogens is 276 g/mol. The Morgan fingerprint density at radius 3 is 3.00 bits per heavy atom. The molecule has 22 heavy (non-hydrogen) atoms. The summed E-state index contributed by atoms with van der Waals surface area (Å²) in [6, 6.07) is 10.2. The Bertz CT molecular complexity index is 822. The number of rotatable bonds is 2. The normalized spacial score (nSPS) is 16.8. The molecule has 0 spiro atoms. The van der Waals surface area contributed by atoms with Gasteiger partial charge in [-0.1, -0.05) is 18.2 Å². The Morgan fingerprint density at radius 1 is 1.27 bits per heavy atom. The topological polar surface area (TPSA) is 58.1 Å². The molecule has 0 aliphatic carbocycles. The molecule has 4 rings (SSSR count). The molecule has 4 heteroatoms. The van der Waals surface area contributed by atoms with Crippen molar-refractivity contribution in [3.63, 3.8) is 0 Å². The summed E-state index contributed by atoms with van der Waals surface area (Å²) >= 11 is 0.